The van der Waals surface area contributed by atoms with Gasteiger partial charge in [-0.3, -0.25) is 4.72 Å². The molecule has 0 fully saturated rings. The number of aromatic nitrogens is 1. The lowest BCUT2D eigenvalue weighted by molar-refractivity contribution is 0.0696. The first-order valence-corrected chi connectivity index (χ1v) is 7.30. The summed E-state index contributed by atoms with van der Waals surface area (Å²) in [4.78, 5) is 13.9. The minimum absolute atomic E-state index is 0.0803. The van der Waals surface area contributed by atoms with E-state index in [0.717, 1.165) is 0 Å². The van der Waals surface area contributed by atoms with Gasteiger partial charge in [-0.15, -0.1) is 0 Å². The molecule has 6 nitrogen and oxygen atoms in total. The highest BCUT2D eigenvalue weighted by atomic mass is 32.2. The number of benzene rings is 1. The molecule has 0 spiro atoms. The van der Waals surface area contributed by atoms with E-state index in [9.17, 15) is 13.2 Å². The third-order valence-electron chi connectivity index (χ3n) is 3.03. The Morgan fingerprint density at radius 3 is 2.55 bits per heavy atom. The first-order valence-electron chi connectivity index (χ1n) is 5.81. The van der Waals surface area contributed by atoms with Crippen LogP contribution in [0.25, 0.3) is 0 Å². The standard InChI is InChI=1S/C13H14N2O4S/c1-8-5-10(6-12(9(8)2)13(16)17)15-20(18,19)11-3-4-14-7-11/h3-7,14-15H,1-2H3,(H,16,17). The molecule has 0 aliphatic rings. The molecular formula is C13H14N2O4S. The van der Waals surface area contributed by atoms with Gasteiger partial charge in [0.05, 0.1) is 5.56 Å². The summed E-state index contributed by atoms with van der Waals surface area (Å²) in [5, 5.41) is 9.11. The fraction of sp³-hybridized carbons (Fsp3) is 0.154. The summed E-state index contributed by atoms with van der Waals surface area (Å²) < 4.78 is 26.5. The van der Waals surface area contributed by atoms with Crippen LogP contribution in [0.1, 0.15) is 21.5 Å². The van der Waals surface area contributed by atoms with E-state index in [-0.39, 0.29) is 16.1 Å². The van der Waals surface area contributed by atoms with Gasteiger partial charge >= 0.3 is 5.97 Å². The number of hydrogen-bond donors (Lipinski definition) is 3. The van der Waals surface area contributed by atoms with Crippen molar-refractivity contribution in [3.8, 4) is 0 Å². The summed E-state index contributed by atoms with van der Waals surface area (Å²) in [7, 11) is -3.72. The fourth-order valence-corrected chi connectivity index (χ4v) is 2.85. The van der Waals surface area contributed by atoms with Crippen molar-refractivity contribution in [3.05, 3.63) is 47.3 Å². The molecule has 2 aromatic rings. The predicted octanol–water partition coefficient (Wildman–Crippen LogP) is 2.13. The zero-order chi connectivity index (χ0) is 14.9. The Bertz CT molecular complexity index is 749. The van der Waals surface area contributed by atoms with E-state index >= 15 is 0 Å². The van der Waals surface area contributed by atoms with Crippen molar-refractivity contribution in [1.82, 2.24) is 4.98 Å². The third-order valence-corrected chi connectivity index (χ3v) is 4.41. The van der Waals surface area contributed by atoms with Gasteiger partial charge in [0.2, 0.25) is 0 Å². The van der Waals surface area contributed by atoms with Crippen LogP contribution in [-0.4, -0.2) is 24.5 Å². The highest BCUT2D eigenvalue weighted by Gasteiger charge is 2.17. The van der Waals surface area contributed by atoms with Crippen LogP contribution < -0.4 is 4.72 Å². The first kappa shape index (κ1) is 14.1. The summed E-state index contributed by atoms with van der Waals surface area (Å²) in [6.45, 7) is 3.42. The zero-order valence-electron chi connectivity index (χ0n) is 11.0. The largest absolute Gasteiger partial charge is 0.478 e. The number of carbonyl (C=O) groups is 1. The number of aromatic carboxylic acids is 1. The normalized spacial score (nSPS) is 11.3. The number of aryl methyl sites for hydroxylation is 1. The summed E-state index contributed by atoms with van der Waals surface area (Å²) in [6, 6.07) is 4.34. The van der Waals surface area contributed by atoms with Gasteiger partial charge in [-0.2, -0.15) is 0 Å². The van der Waals surface area contributed by atoms with E-state index in [0.29, 0.717) is 11.1 Å². The van der Waals surface area contributed by atoms with E-state index < -0.39 is 16.0 Å². The van der Waals surface area contributed by atoms with E-state index in [2.05, 4.69) is 9.71 Å². The lowest BCUT2D eigenvalue weighted by Gasteiger charge is -2.11. The van der Waals surface area contributed by atoms with Crippen LogP contribution in [0, 0.1) is 13.8 Å². The first-order chi connectivity index (χ1) is 9.31. The molecule has 1 heterocycles. The second-order valence-corrected chi connectivity index (χ2v) is 6.11. The smallest absolute Gasteiger partial charge is 0.336 e. The molecule has 3 N–H and O–H groups in total. The molecule has 0 radical (unpaired) electrons. The van der Waals surface area contributed by atoms with Crippen LogP contribution in [0.3, 0.4) is 0 Å². The Labute approximate surface area is 116 Å². The van der Waals surface area contributed by atoms with Crippen molar-refractivity contribution in [2.24, 2.45) is 0 Å². The summed E-state index contributed by atoms with van der Waals surface area (Å²) in [5.74, 6) is -1.09. The van der Waals surface area contributed by atoms with Crippen molar-refractivity contribution in [1.29, 1.82) is 0 Å². The Morgan fingerprint density at radius 1 is 1.30 bits per heavy atom. The van der Waals surface area contributed by atoms with Crippen LogP contribution in [0.2, 0.25) is 0 Å². The second-order valence-electron chi connectivity index (χ2n) is 4.42. The minimum Gasteiger partial charge on any atom is -0.478 e. The number of hydrogen-bond acceptors (Lipinski definition) is 3. The van der Waals surface area contributed by atoms with Gasteiger partial charge in [0.1, 0.15) is 4.90 Å². The Morgan fingerprint density at radius 2 is 2.00 bits per heavy atom. The number of anilines is 1. The monoisotopic (exact) mass is 294 g/mol. The van der Waals surface area contributed by atoms with Crippen molar-refractivity contribution >= 4 is 21.7 Å². The maximum Gasteiger partial charge on any atom is 0.336 e. The van der Waals surface area contributed by atoms with Gasteiger partial charge in [-0.05, 0) is 43.2 Å². The van der Waals surface area contributed by atoms with Crippen molar-refractivity contribution in [2.45, 2.75) is 18.7 Å². The number of rotatable bonds is 4. The lowest BCUT2D eigenvalue weighted by atomic mass is 10.0. The average molecular weight is 294 g/mol. The molecule has 0 saturated heterocycles. The lowest BCUT2D eigenvalue weighted by Crippen LogP contribution is -2.13. The highest BCUT2D eigenvalue weighted by Crippen LogP contribution is 2.22. The summed E-state index contributed by atoms with van der Waals surface area (Å²) in [5.41, 5.74) is 1.63. The Hall–Kier alpha value is -2.28. The maximum atomic E-state index is 12.1. The zero-order valence-corrected chi connectivity index (χ0v) is 11.8. The summed E-state index contributed by atoms with van der Waals surface area (Å²) in [6.07, 6.45) is 2.85. The fourth-order valence-electron chi connectivity index (χ4n) is 1.83. The van der Waals surface area contributed by atoms with Gasteiger partial charge in [0.25, 0.3) is 10.0 Å². The molecule has 7 heteroatoms. The SMILES string of the molecule is Cc1cc(NS(=O)(=O)c2cc[nH]c2)cc(C(=O)O)c1C. The molecule has 106 valence electrons. The molecule has 1 aromatic heterocycles. The van der Waals surface area contributed by atoms with Gasteiger partial charge in [0, 0.05) is 18.1 Å². The van der Waals surface area contributed by atoms with Gasteiger partial charge < -0.3 is 10.1 Å². The van der Waals surface area contributed by atoms with Crippen LogP contribution in [0.4, 0.5) is 5.69 Å². The molecule has 0 amide bonds. The summed E-state index contributed by atoms with van der Waals surface area (Å²) >= 11 is 0. The topological polar surface area (TPSA) is 99.3 Å². The molecule has 0 atom stereocenters. The number of nitrogens with one attached hydrogen (secondary N) is 2. The van der Waals surface area contributed by atoms with Crippen molar-refractivity contribution in [2.75, 3.05) is 4.72 Å². The minimum atomic E-state index is -3.72. The third kappa shape index (κ3) is 2.67. The maximum absolute atomic E-state index is 12.1. The molecule has 0 aliphatic carbocycles. The second kappa shape index (κ2) is 5.01. The van der Waals surface area contributed by atoms with Gasteiger partial charge in [0.15, 0.2) is 0 Å². The van der Waals surface area contributed by atoms with Crippen LogP contribution in [0.15, 0.2) is 35.5 Å². The van der Waals surface area contributed by atoms with Gasteiger partial charge in [-0.1, -0.05) is 0 Å². The number of aromatic amines is 1. The molecule has 0 saturated carbocycles. The number of H-pyrrole nitrogens is 1. The van der Waals surface area contributed by atoms with Crippen LogP contribution >= 0.6 is 0 Å². The highest BCUT2D eigenvalue weighted by molar-refractivity contribution is 7.92. The van der Waals surface area contributed by atoms with E-state index in [4.69, 9.17) is 5.11 Å². The molecule has 0 bridgehead atoms. The molecule has 0 aliphatic heterocycles. The van der Waals surface area contributed by atoms with Crippen LogP contribution in [0.5, 0.6) is 0 Å². The molecule has 2 rings (SSSR count). The van der Waals surface area contributed by atoms with Crippen molar-refractivity contribution < 1.29 is 18.3 Å². The predicted molar refractivity (Wildman–Crippen MR) is 74.5 cm³/mol. The average Bonchev–Trinajstić information content (AvgIpc) is 2.87. The number of carboxylic acids is 1. The number of sulfonamides is 1. The molecular weight excluding hydrogens is 280 g/mol. The van der Waals surface area contributed by atoms with E-state index in [1.165, 1.54) is 24.5 Å². The van der Waals surface area contributed by atoms with Crippen LogP contribution in [-0.2, 0) is 10.0 Å². The quantitative estimate of drug-likeness (QED) is 0.804. The van der Waals surface area contributed by atoms with Crippen molar-refractivity contribution in [3.63, 3.8) is 0 Å². The number of carboxylic acid groups (broad SMARTS) is 1. The van der Waals surface area contributed by atoms with Gasteiger partial charge in [-0.25, -0.2) is 13.2 Å². The molecule has 0 unspecified atom stereocenters. The Balaban J connectivity index is 2.43. The van der Waals surface area contributed by atoms with E-state index in [1.54, 1.807) is 19.9 Å². The van der Waals surface area contributed by atoms with E-state index in [1.807, 2.05) is 0 Å². The molecule has 20 heavy (non-hydrogen) atoms. The molecule has 1 aromatic carbocycles. The Kier molecular flexibility index (Phi) is 3.54.